The summed E-state index contributed by atoms with van der Waals surface area (Å²) in [6.07, 6.45) is 1.28. The van der Waals surface area contributed by atoms with Crippen molar-refractivity contribution in [3.63, 3.8) is 0 Å². The molecule has 2 heterocycles. The summed E-state index contributed by atoms with van der Waals surface area (Å²) in [5.41, 5.74) is 2.10. The highest BCUT2D eigenvalue weighted by atomic mass is 35.5. The van der Waals surface area contributed by atoms with Gasteiger partial charge in [-0.05, 0) is 73.9 Å². The van der Waals surface area contributed by atoms with Gasteiger partial charge in [-0.1, -0.05) is 25.4 Å². The lowest BCUT2D eigenvalue weighted by Crippen LogP contribution is -2.49. The van der Waals surface area contributed by atoms with Crippen LogP contribution in [0, 0.1) is 12.8 Å². The number of ether oxygens (including phenoxy) is 1. The van der Waals surface area contributed by atoms with Gasteiger partial charge in [0.2, 0.25) is 11.8 Å². The number of amides is 2. The maximum Gasteiger partial charge on any atom is 0.242 e. The number of hydrogen-bond acceptors (Lipinski definition) is 4. The Hall–Kier alpha value is -2.05. The van der Waals surface area contributed by atoms with E-state index in [9.17, 15) is 9.59 Å². The number of benzene rings is 1. The molecule has 0 saturated carbocycles. The van der Waals surface area contributed by atoms with Crippen LogP contribution in [-0.2, 0) is 16.0 Å². The van der Waals surface area contributed by atoms with Gasteiger partial charge in [0, 0.05) is 28.9 Å². The van der Waals surface area contributed by atoms with E-state index >= 15 is 0 Å². The number of carbonyl (C=O) groups is 2. The summed E-state index contributed by atoms with van der Waals surface area (Å²) in [6.45, 7) is 11.0. The Morgan fingerprint density at radius 3 is 2.66 bits per heavy atom. The fraction of sp³-hybridized carbons (Fsp3) is 0.520. The maximum absolute atomic E-state index is 13.4. The predicted molar refractivity (Wildman–Crippen MR) is 130 cm³/mol. The second-order valence-electron chi connectivity index (χ2n) is 9.09. The third-order valence-corrected chi connectivity index (χ3v) is 7.21. The molecule has 1 aliphatic rings. The van der Waals surface area contributed by atoms with Crippen molar-refractivity contribution in [3.05, 3.63) is 50.7 Å². The molecule has 174 valence electrons. The Kier molecular flexibility index (Phi) is 8.23. The van der Waals surface area contributed by atoms with Crippen LogP contribution in [0.3, 0.4) is 0 Å². The molecule has 1 atom stereocenters. The molecule has 1 aromatic carbocycles. The Bertz CT molecular complexity index is 956. The monoisotopic (exact) mass is 476 g/mol. The molecule has 0 fully saturated rings. The summed E-state index contributed by atoms with van der Waals surface area (Å²) in [4.78, 5) is 31.0. The van der Waals surface area contributed by atoms with Gasteiger partial charge in [-0.2, -0.15) is 0 Å². The van der Waals surface area contributed by atoms with E-state index in [-0.39, 0.29) is 36.4 Å². The highest BCUT2D eigenvalue weighted by molar-refractivity contribution is 7.10. The molecule has 2 aromatic rings. The SMILES string of the molecule is Cc1cc(OC[C@@H]2c3ccsc3CCN2C(=O)CN(C(=O)CC(C)C)C(C)C)ccc1Cl. The first-order valence-corrected chi connectivity index (χ1v) is 12.5. The molecule has 0 aliphatic carbocycles. The van der Waals surface area contributed by atoms with E-state index < -0.39 is 0 Å². The van der Waals surface area contributed by atoms with Gasteiger partial charge in [0.1, 0.15) is 12.4 Å². The fourth-order valence-electron chi connectivity index (χ4n) is 4.02. The van der Waals surface area contributed by atoms with E-state index in [0.717, 1.165) is 23.3 Å². The van der Waals surface area contributed by atoms with Crippen molar-refractivity contribution < 1.29 is 14.3 Å². The zero-order chi connectivity index (χ0) is 23.4. The van der Waals surface area contributed by atoms with Crippen LogP contribution in [0.5, 0.6) is 5.75 Å². The van der Waals surface area contributed by atoms with Crippen molar-refractivity contribution in [3.8, 4) is 5.75 Å². The third kappa shape index (κ3) is 5.84. The summed E-state index contributed by atoms with van der Waals surface area (Å²) in [7, 11) is 0. The minimum Gasteiger partial charge on any atom is -0.491 e. The molecule has 0 radical (unpaired) electrons. The van der Waals surface area contributed by atoms with Gasteiger partial charge >= 0.3 is 0 Å². The first-order valence-electron chi connectivity index (χ1n) is 11.2. The average molecular weight is 477 g/mol. The molecule has 0 spiro atoms. The van der Waals surface area contributed by atoms with Crippen LogP contribution in [0.25, 0.3) is 0 Å². The fourth-order valence-corrected chi connectivity index (χ4v) is 5.06. The zero-order valence-corrected chi connectivity index (χ0v) is 21.1. The summed E-state index contributed by atoms with van der Waals surface area (Å²) < 4.78 is 6.11. The van der Waals surface area contributed by atoms with Crippen molar-refractivity contribution in [2.24, 2.45) is 5.92 Å². The van der Waals surface area contributed by atoms with Crippen molar-refractivity contribution >= 4 is 34.8 Å². The Morgan fingerprint density at radius 2 is 2.00 bits per heavy atom. The van der Waals surface area contributed by atoms with E-state index in [1.165, 1.54) is 4.88 Å². The van der Waals surface area contributed by atoms with Crippen LogP contribution in [0.1, 0.15) is 56.2 Å². The standard InChI is InChI=1S/C25H33ClN2O3S/c1-16(2)12-24(29)28(17(3)4)14-25(30)27-10-8-23-20(9-11-32-23)22(27)15-31-19-6-7-21(26)18(5)13-19/h6-7,9,11,13,16-17,22H,8,10,12,14-15H2,1-5H3/t22-/m1/s1. The number of hydrogen-bond donors (Lipinski definition) is 0. The summed E-state index contributed by atoms with van der Waals surface area (Å²) in [5.74, 6) is 0.985. The van der Waals surface area contributed by atoms with Crippen LogP contribution in [0.2, 0.25) is 5.02 Å². The molecule has 1 aromatic heterocycles. The van der Waals surface area contributed by atoms with E-state index in [1.54, 1.807) is 16.2 Å². The van der Waals surface area contributed by atoms with E-state index in [2.05, 4.69) is 11.4 Å². The number of fused-ring (bicyclic) bond motifs is 1. The summed E-state index contributed by atoms with van der Waals surface area (Å²) >= 11 is 7.86. The van der Waals surface area contributed by atoms with Crippen LogP contribution in [0.15, 0.2) is 29.6 Å². The molecule has 0 N–H and O–H groups in total. The van der Waals surface area contributed by atoms with Gasteiger partial charge < -0.3 is 14.5 Å². The lowest BCUT2D eigenvalue weighted by atomic mass is 10.00. The van der Waals surface area contributed by atoms with E-state index in [4.69, 9.17) is 16.3 Å². The van der Waals surface area contributed by atoms with E-state index in [1.807, 2.05) is 57.7 Å². The Balaban J connectivity index is 1.77. The molecular weight excluding hydrogens is 444 g/mol. The topological polar surface area (TPSA) is 49.9 Å². The zero-order valence-electron chi connectivity index (χ0n) is 19.6. The van der Waals surface area contributed by atoms with Crippen LogP contribution in [-0.4, -0.2) is 47.4 Å². The van der Waals surface area contributed by atoms with Gasteiger partial charge in [0.15, 0.2) is 0 Å². The second-order valence-corrected chi connectivity index (χ2v) is 10.5. The van der Waals surface area contributed by atoms with Gasteiger partial charge in [-0.15, -0.1) is 11.3 Å². The molecule has 0 saturated heterocycles. The third-order valence-electron chi connectivity index (χ3n) is 5.78. The van der Waals surface area contributed by atoms with Crippen LogP contribution >= 0.6 is 22.9 Å². The van der Waals surface area contributed by atoms with Crippen LogP contribution < -0.4 is 4.74 Å². The first-order chi connectivity index (χ1) is 15.2. The van der Waals surface area contributed by atoms with Gasteiger partial charge in [-0.3, -0.25) is 9.59 Å². The molecule has 5 nitrogen and oxygen atoms in total. The number of halogens is 1. The lowest BCUT2D eigenvalue weighted by molar-refractivity contribution is -0.144. The Morgan fingerprint density at radius 1 is 1.25 bits per heavy atom. The number of rotatable bonds is 8. The second kappa shape index (κ2) is 10.7. The largest absolute Gasteiger partial charge is 0.491 e. The minimum atomic E-state index is -0.178. The quantitative estimate of drug-likeness (QED) is 0.505. The van der Waals surface area contributed by atoms with Gasteiger partial charge in [-0.25, -0.2) is 0 Å². The summed E-state index contributed by atoms with van der Waals surface area (Å²) in [6, 6.07) is 7.47. The number of aryl methyl sites for hydroxylation is 1. The van der Waals surface area contributed by atoms with Gasteiger partial charge in [0.05, 0.1) is 12.6 Å². The molecule has 2 amide bonds. The number of thiophene rings is 1. The molecule has 7 heteroatoms. The molecule has 32 heavy (non-hydrogen) atoms. The average Bonchev–Trinajstić information content (AvgIpc) is 3.20. The molecule has 1 aliphatic heterocycles. The van der Waals surface area contributed by atoms with Gasteiger partial charge in [0.25, 0.3) is 0 Å². The van der Waals surface area contributed by atoms with Crippen molar-refractivity contribution in [1.82, 2.24) is 9.80 Å². The van der Waals surface area contributed by atoms with E-state index in [0.29, 0.717) is 24.6 Å². The van der Waals surface area contributed by atoms with Crippen molar-refractivity contribution in [1.29, 1.82) is 0 Å². The number of nitrogens with zero attached hydrogens (tertiary/aromatic N) is 2. The predicted octanol–water partition coefficient (Wildman–Crippen LogP) is 5.50. The highest BCUT2D eigenvalue weighted by Crippen LogP contribution is 2.34. The maximum atomic E-state index is 13.4. The minimum absolute atomic E-state index is 0.0287. The van der Waals surface area contributed by atoms with Crippen LogP contribution in [0.4, 0.5) is 0 Å². The number of carbonyl (C=O) groups excluding carboxylic acids is 2. The normalized spacial score (nSPS) is 15.8. The first kappa shape index (κ1) is 24.6. The summed E-state index contributed by atoms with van der Waals surface area (Å²) in [5, 5.41) is 2.77. The van der Waals surface area contributed by atoms with Crippen molar-refractivity contribution in [2.45, 2.75) is 59.5 Å². The molecule has 0 unspecified atom stereocenters. The lowest BCUT2D eigenvalue weighted by Gasteiger charge is -2.38. The molecule has 0 bridgehead atoms. The van der Waals surface area contributed by atoms with Crippen molar-refractivity contribution in [2.75, 3.05) is 19.7 Å². The highest BCUT2D eigenvalue weighted by Gasteiger charge is 2.34. The molecular formula is C25H33ClN2O3S. The Labute approximate surface area is 200 Å². The smallest absolute Gasteiger partial charge is 0.242 e. The molecule has 3 rings (SSSR count).